The molecule has 0 spiro atoms. The van der Waals surface area contributed by atoms with E-state index in [1.165, 1.54) is 10.8 Å². The van der Waals surface area contributed by atoms with Gasteiger partial charge in [0.05, 0.1) is 21.3 Å². The van der Waals surface area contributed by atoms with Crippen molar-refractivity contribution in [2.75, 3.05) is 33.3 Å². The third-order valence-corrected chi connectivity index (χ3v) is 4.16. The molecule has 124 valence electrons. The number of hydrogen-bond donors (Lipinski definition) is 0. The number of anilines is 2. The molecule has 0 fully saturated rings. The molecule has 0 N–H and O–H groups in total. The predicted molar refractivity (Wildman–Crippen MR) is 98.1 cm³/mol. The molecule has 3 aromatic rings. The van der Waals surface area contributed by atoms with Crippen LogP contribution in [0.3, 0.4) is 0 Å². The van der Waals surface area contributed by atoms with E-state index in [9.17, 15) is 0 Å². The highest BCUT2D eigenvalue weighted by atomic mass is 16.5. The number of rotatable bonds is 5. The number of ether oxygens (including phenoxy) is 3. The second-order valence-electron chi connectivity index (χ2n) is 5.47. The van der Waals surface area contributed by atoms with Crippen LogP contribution in [0, 0.1) is 0 Å². The van der Waals surface area contributed by atoms with Crippen molar-refractivity contribution >= 4 is 22.1 Å². The van der Waals surface area contributed by atoms with E-state index < -0.39 is 0 Å². The van der Waals surface area contributed by atoms with E-state index in [2.05, 4.69) is 35.2 Å². The zero-order valence-corrected chi connectivity index (χ0v) is 14.4. The Hall–Kier alpha value is -2.88. The molecule has 0 bridgehead atoms. The number of methoxy groups -OCH3 is 3. The average Bonchev–Trinajstić information content (AvgIpc) is 2.65. The largest absolute Gasteiger partial charge is 0.493 e. The van der Waals surface area contributed by atoms with Crippen LogP contribution in [-0.4, -0.2) is 28.4 Å². The van der Waals surface area contributed by atoms with Crippen molar-refractivity contribution in [2.24, 2.45) is 0 Å². The highest BCUT2D eigenvalue weighted by molar-refractivity contribution is 5.87. The van der Waals surface area contributed by atoms with Gasteiger partial charge in [-0.05, 0) is 22.9 Å². The van der Waals surface area contributed by atoms with Crippen LogP contribution in [0.4, 0.5) is 11.4 Å². The maximum atomic E-state index is 5.44. The van der Waals surface area contributed by atoms with Crippen LogP contribution in [-0.2, 0) is 0 Å². The van der Waals surface area contributed by atoms with Crippen molar-refractivity contribution in [2.45, 2.75) is 0 Å². The standard InChI is InChI=1S/C20H21NO3/c1-21(16-10-9-14-7-5-6-8-15(14)11-16)17-12-18(22-2)20(24-4)19(13-17)23-3/h5-13H,1-4H3. The number of hydrogen-bond acceptors (Lipinski definition) is 4. The molecule has 3 aromatic carbocycles. The van der Waals surface area contributed by atoms with Crippen molar-refractivity contribution in [3.05, 3.63) is 54.6 Å². The van der Waals surface area contributed by atoms with Crippen LogP contribution >= 0.6 is 0 Å². The topological polar surface area (TPSA) is 30.9 Å². The van der Waals surface area contributed by atoms with Crippen molar-refractivity contribution in [1.29, 1.82) is 0 Å². The van der Waals surface area contributed by atoms with Gasteiger partial charge in [-0.15, -0.1) is 0 Å². The van der Waals surface area contributed by atoms with Gasteiger partial charge >= 0.3 is 0 Å². The van der Waals surface area contributed by atoms with Crippen molar-refractivity contribution < 1.29 is 14.2 Å². The van der Waals surface area contributed by atoms with Gasteiger partial charge in [-0.2, -0.15) is 0 Å². The lowest BCUT2D eigenvalue weighted by Gasteiger charge is -2.22. The molecule has 0 aromatic heterocycles. The van der Waals surface area contributed by atoms with Gasteiger partial charge in [0.1, 0.15) is 0 Å². The van der Waals surface area contributed by atoms with E-state index in [1.54, 1.807) is 21.3 Å². The van der Waals surface area contributed by atoms with E-state index in [-0.39, 0.29) is 0 Å². The lowest BCUT2D eigenvalue weighted by molar-refractivity contribution is 0.324. The van der Waals surface area contributed by atoms with E-state index in [0.29, 0.717) is 17.2 Å². The quantitative estimate of drug-likeness (QED) is 0.685. The number of nitrogens with zero attached hydrogens (tertiary/aromatic N) is 1. The van der Waals surface area contributed by atoms with E-state index in [0.717, 1.165) is 11.4 Å². The number of benzene rings is 3. The first-order chi connectivity index (χ1) is 11.7. The summed E-state index contributed by atoms with van der Waals surface area (Å²) < 4.78 is 16.3. The lowest BCUT2D eigenvalue weighted by Crippen LogP contribution is -2.10. The first kappa shape index (κ1) is 16.0. The second-order valence-corrected chi connectivity index (χ2v) is 5.47. The van der Waals surface area contributed by atoms with Crippen LogP contribution in [0.15, 0.2) is 54.6 Å². The van der Waals surface area contributed by atoms with Gasteiger partial charge in [0, 0.05) is 30.6 Å². The van der Waals surface area contributed by atoms with Crippen LogP contribution in [0.5, 0.6) is 17.2 Å². The predicted octanol–water partition coefficient (Wildman–Crippen LogP) is 4.63. The molecule has 0 aliphatic carbocycles. The van der Waals surface area contributed by atoms with Crippen LogP contribution < -0.4 is 19.1 Å². The SMILES string of the molecule is COc1cc(N(C)c2ccc3ccccc3c2)cc(OC)c1OC. The Kier molecular flexibility index (Phi) is 4.47. The molecule has 4 nitrogen and oxygen atoms in total. The molecule has 0 amide bonds. The summed E-state index contributed by atoms with van der Waals surface area (Å²) >= 11 is 0. The average molecular weight is 323 g/mol. The van der Waals surface area contributed by atoms with Crippen molar-refractivity contribution in [3.8, 4) is 17.2 Å². The molecule has 3 rings (SSSR count). The summed E-state index contributed by atoms with van der Waals surface area (Å²) in [5.74, 6) is 1.87. The minimum Gasteiger partial charge on any atom is -0.493 e. The summed E-state index contributed by atoms with van der Waals surface area (Å²) in [4.78, 5) is 2.09. The van der Waals surface area contributed by atoms with Crippen molar-refractivity contribution in [1.82, 2.24) is 0 Å². The van der Waals surface area contributed by atoms with Gasteiger partial charge in [-0.1, -0.05) is 30.3 Å². The summed E-state index contributed by atoms with van der Waals surface area (Å²) in [5.41, 5.74) is 2.04. The fourth-order valence-electron chi connectivity index (χ4n) is 2.80. The number of fused-ring (bicyclic) bond motifs is 1. The third-order valence-electron chi connectivity index (χ3n) is 4.16. The molecule has 0 aliphatic rings. The minimum absolute atomic E-state index is 0.593. The van der Waals surface area contributed by atoms with Crippen LogP contribution in [0.2, 0.25) is 0 Å². The summed E-state index contributed by atoms with van der Waals surface area (Å²) in [7, 11) is 6.87. The molecular weight excluding hydrogens is 302 g/mol. The minimum atomic E-state index is 0.593. The van der Waals surface area contributed by atoms with Gasteiger partial charge in [-0.3, -0.25) is 0 Å². The van der Waals surface area contributed by atoms with E-state index in [4.69, 9.17) is 14.2 Å². The molecule has 0 saturated carbocycles. The molecule has 0 saturated heterocycles. The molecular formula is C20H21NO3. The molecule has 0 heterocycles. The zero-order valence-electron chi connectivity index (χ0n) is 14.4. The van der Waals surface area contributed by atoms with Crippen molar-refractivity contribution in [3.63, 3.8) is 0 Å². The van der Waals surface area contributed by atoms with E-state index in [1.807, 2.05) is 31.3 Å². The van der Waals surface area contributed by atoms with Crippen LogP contribution in [0.25, 0.3) is 10.8 Å². The monoisotopic (exact) mass is 323 g/mol. The Labute approximate surface area is 142 Å². The fraction of sp³-hybridized carbons (Fsp3) is 0.200. The summed E-state index contributed by atoms with van der Waals surface area (Å²) in [5, 5.41) is 2.42. The lowest BCUT2D eigenvalue weighted by atomic mass is 10.1. The third kappa shape index (κ3) is 2.83. The summed E-state index contributed by atoms with van der Waals surface area (Å²) in [6.07, 6.45) is 0. The summed E-state index contributed by atoms with van der Waals surface area (Å²) in [6.45, 7) is 0. The Morgan fingerprint density at radius 2 is 1.29 bits per heavy atom. The first-order valence-electron chi connectivity index (χ1n) is 7.70. The maximum absolute atomic E-state index is 5.44. The van der Waals surface area contributed by atoms with Gasteiger partial charge in [0.15, 0.2) is 11.5 Å². The molecule has 0 radical (unpaired) electrons. The smallest absolute Gasteiger partial charge is 0.203 e. The second kappa shape index (κ2) is 6.71. The first-order valence-corrected chi connectivity index (χ1v) is 7.70. The van der Waals surface area contributed by atoms with Gasteiger partial charge in [-0.25, -0.2) is 0 Å². The maximum Gasteiger partial charge on any atom is 0.203 e. The fourth-order valence-corrected chi connectivity index (χ4v) is 2.80. The Balaban J connectivity index is 2.06. The Morgan fingerprint density at radius 3 is 1.88 bits per heavy atom. The van der Waals surface area contributed by atoms with Gasteiger partial charge in [0.2, 0.25) is 5.75 Å². The molecule has 0 atom stereocenters. The normalized spacial score (nSPS) is 10.5. The highest BCUT2D eigenvalue weighted by Gasteiger charge is 2.16. The zero-order chi connectivity index (χ0) is 17.1. The Bertz CT molecular complexity index is 835. The molecule has 4 heteroatoms. The van der Waals surface area contributed by atoms with Gasteiger partial charge in [0.25, 0.3) is 0 Å². The molecule has 0 unspecified atom stereocenters. The molecule has 0 aliphatic heterocycles. The molecule has 24 heavy (non-hydrogen) atoms. The summed E-state index contributed by atoms with van der Waals surface area (Å²) in [6, 6.07) is 18.6. The Morgan fingerprint density at radius 1 is 0.667 bits per heavy atom. The van der Waals surface area contributed by atoms with Crippen LogP contribution in [0.1, 0.15) is 0 Å². The van der Waals surface area contributed by atoms with Gasteiger partial charge < -0.3 is 19.1 Å². The highest BCUT2D eigenvalue weighted by Crippen LogP contribution is 2.42. The van der Waals surface area contributed by atoms with E-state index >= 15 is 0 Å².